The number of aliphatic carboxylic acids is 1. The molecule has 0 aromatic heterocycles. The lowest BCUT2D eigenvalue weighted by atomic mass is 9.87. The van der Waals surface area contributed by atoms with Crippen molar-refractivity contribution in [3.63, 3.8) is 0 Å². The summed E-state index contributed by atoms with van der Waals surface area (Å²) in [7, 11) is 0. The van der Waals surface area contributed by atoms with Crippen LogP contribution in [0.15, 0.2) is 48.5 Å². The number of nitrogens with one attached hydrogen (secondary N) is 2. The van der Waals surface area contributed by atoms with E-state index in [1.54, 1.807) is 37.3 Å². The Morgan fingerprint density at radius 3 is 2.10 bits per heavy atom. The van der Waals surface area contributed by atoms with Crippen molar-refractivity contribution in [2.24, 2.45) is 0 Å². The SMILES string of the molecule is CC#C[C@H](CC(=O)O)c1ccc(NC(=O)C(=O)Nc2cccc(C(C)(C)C)c2)cc1. The maximum atomic E-state index is 12.3. The summed E-state index contributed by atoms with van der Waals surface area (Å²) in [5, 5.41) is 14.2. The number of carbonyl (C=O) groups excluding carboxylic acids is 2. The lowest BCUT2D eigenvalue weighted by molar-refractivity contribution is -0.137. The van der Waals surface area contributed by atoms with Gasteiger partial charge < -0.3 is 15.7 Å². The molecule has 0 aliphatic rings. The quantitative estimate of drug-likeness (QED) is 0.514. The van der Waals surface area contributed by atoms with Crippen molar-refractivity contribution in [1.82, 2.24) is 0 Å². The first kappa shape index (κ1) is 22.7. The molecule has 0 fully saturated rings. The first-order valence-corrected chi connectivity index (χ1v) is 9.57. The van der Waals surface area contributed by atoms with E-state index in [0.717, 1.165) is 11.1 Å². The van der Waals surface area contributed by atoms with Gasteiger partial charge in [-0.1, -0.05) is 51.0 Å². The van der Waals surface area contributed by atoms with Gasteiger partial charge in [0, 0.05) is 11.4 Å². The summed E-state index contributed by atoms with van der Waals surface area (Å²) < 4.78 is 0. The molecule has 0 radical (unpaired) electrons. The predicted molar refractivity (Wildman–Crippen MR) is 117 cm³/mol. The van der Waals surface area contributed by atoms with Gasteiger partial charge in [0.25, 0.3) is 0 Å². The van der Waals surface area contributed by atoms with Crippen molar-refractivity contribution in [2.45, 2.75) is 45.4 Å². The molecule has 2 aromatic carbocycles. The van der Waals surface area contributed by atoms with Crippen LogP contribution in [0.25, 0.3) is 0 Å². The highest BCUT2D eigenvalue weighted by atomic mass is 16.4. The highest BCUT2D eigenvalue weighted by Gasteiger charge is 2.18. The first-order valence-electron chi connectivity index (χ1n) is 9.57. The van der Waals surface area contributed by atoms with E-state index in [1.807, 2.05) is 18.2 Å². The Balaban J connectivity index is 2.04. The van der Waals surface area contributed by atoms with Gasteiger partial charge in [-0.25, -0.2) is 0 Å². The molecule has 6 nitrogen and oxygen atoms in total. The lowest BCUT2D eigenvalue weighted by Gasteiger charge is -2.19. The second-order valence-electron chi connectivity index (χ2n) is 7.91. The van der Waals surface area contributed by atoms with Gasteiger partial charge in [-0.15, -0.1) is 5.92 Å². The fourth-order valence-corrected chi connectivity index (χ4v) is 2.84. The van der Waals surface area contributed by atoms with Crippen LogP contribution in [0.1, 0.15) is 51.2 Å². The number of carboxylic acids is 1. The number of benzene rings is 2. The van der Waals surface area contributed by atoms with E-state index in [4.69, 9.17) is 5.11 Å². The number of hydrogen-bond acceptors (Lipinski definition) is 3. The fraction of sp³-hybridized carbons (Fsp3) is 0.292. The maximum Gasteiger partial charge on any atom is 0.314 e. The monoisotopic (exact) mass is 406 g/mol. The fourth-order valence-electron chi connectivity index (χ4n) is 2.84. The number of anilines is 2. The van der Waals surface area contributed by atoms with Crippen LogP contribution in [-0.2, 0) is 19.8 Å². The van der Waals surface area contributed by atoms with Gasteiger partial charge in [-0.3, -0.25) is 14.4 Å². The zero-order valence-corrected chi connectivity index (χ0v) is 17.6. The third kappa shape index (κ3) is 6.49. The number of carbonyl (C=O) groups is 3. The van der Waals surface area contributed by atoms with Crippen molar-refractivity contribution < 1.29 is 19.5 Å². The van der Waals surface area contributed by atoms with Crippen molar-refractivity contribution in [3.05, 3.63) is 59.7 Å². The van der Waals surface area contributed by atoms with E-state index in [-0.39, 0.29) is 11.8 Å². The number of amides is 2. The molecule has 30 heavy (non-hydrogen) atoms. The van der Waals surface area contributed by atoms with E-state index < -0.39 is 23.7 Å². The van der Waals surface area contributed by atoms with Gasteiger partial charge >= 0.3 is 17.8 Å². The Hall–Kier alpha value is -3.59. The van der Waals surface area contributed by atoms with Crippen molar-refractivity contribution in [1.29, 1.82) is 0 Å². The molecular formula is C24H26N2O4. The minimum atomic E-state index is -0.938. The Morgan fingerprint density at radius 2 is 1.57 bits per heavy atom. The third-order valence-corrected chi connectivity index (χ3v) is 4.46. The average Bonchev–Trinajstić information content (AvgIpc) is 2.67. The minimum Gasteiger partial charge on any atom is -0.481 e. The average molecular weight is 406 g/mol. The smallest absolute Gasteiger partial charge is 0.314 e. The molecule has 0 heterocycles. The molecule has 1 atom stereocenters. The zero-order chi connectivity index (χ0) is 22.3. The molecule has 0 aliphatic heterocycles. The molecule has 156 valence electrons. The van der Waals surface area contributed by atoms with Gasteiger partial charge in [0.05, 0.1) is 12.3 Å². The second kappa shape index (κ2) is 9.75. The van der Waals surface area contributed by atoms with Crippen LogP contribution in [0, 0.1) is 11.8 Å². The molecule has 0 spiro atoms. The topological polar surface area (TPSA) is 95.5 Å². The molecule has 0 unspecified atom stereocenters. The molecule has 0 saturated heterocycles. The molecular weight excluding hydrogens is 380 g/mol. The second-order valence-corrected chi connectivity index (χ2v) is 7.91. The van der Waals surface area contributed by atoms with Crippen LogP contribution < -0.4 is 10.6 Å². The molecule has 2 aromatic rings. The van der Waals surface area contributed by atoms with Gasteiger partial charge in [-0.05, 0) is 47.7 Å². The zero-order valence-electron chi connectivity index (χ0n) is 17.6. The van der Waals surface area contributed by atoms with Crippen LogP contribution in [0.4, 0.5) is 11.4 Å². The van der Waals surface area contributed by atoms with E-state index in [9.17, 15) is 14.4 Å². The van der Waals surface area contributed by atoms with Crippen LogP contribution >= 0.6 is 0 Å². The summed E-state index contributed by atoms with van der Waals surface area (Å²) in [5.74, 6) is 2.67. The number of carboxylic acid groups (broad SMARTS) is 1. The Bertz CT molecular complexity index is 992. The van der Waals surface area contributed by atoms with Crippen LogP contribution in [0.3, 0.4) is 0 Å². The standard InChI is InChI=1S/C24H26N2O4/c1-5-7-17(14-21(27)28)16-10-12-19(13-11-16)25-22(29)23(30)26-20-9-6-8-18(15-20)24(2,3)4/h6,8-13,15,17H,14H2,1-4H3,(H,25,29)(H,26,30)(H,27,28)/t17-/m1/s1. The molecule has 0 aliphatic carbocycles. The first-order chi connectivity index (χ1) is 14.1. The number of hydrogen-bond donors (Lipinski definition) is 3. The molecule has 6 heteroatoms. The summed E-state index contributed by atoms with van der Waals surface area (Å²) >= 11 is 0. The Morgan fingerprint density at radius 1 is 0.967 bits per heavy atom. The highest BCUT2D eigenvalue weighted by molar-refractivity contribution is 6.43. The normalized spacial score (nSPS) is 11.6. The summed E-state index contributed by atoms with van der Waals surface area (Å²) in [5.41, 5.74) is 2.68. The Kier molecular flexibility index (Phi) is 7.38. The van der Waals surface area contributed by atoms with E-state index in [0.29, 0.717) is 11.4 Å². The summed E-state index contributed by atoms with van der Waals surface area (Å²) in [6.45, 7) is 7.85. The largest absolute Gasteiger partial charge is 0.481 e. The minimum absolute atomic E-state index is 0.0780. The van der Waals surface area contributed by atoms with Crippen LogP contribution in [0.2, 0.25) is 0 Å². The van der Waals surface area contributed by atoms with Crippen LogP contribution in [-0.4, -0.2) is 22.9 Å². The van der Waals surface area contributed by atoms with Gasteiger partial charge in [0.15, 0.2) is 0 Å². The lowest BCUT2D eigenvalue weighted by Crippen LogP contribution is -2.29. The van der Waals surface area contributed by atoms with E-state index in [2.05, 4.69) is 43.2 Å². The summed E-state index contributed by atoms with van der Waals surface area (Å²) in [4.78, 5) is 35.5. The molecule has 0 bridgehead atoms. The Labute approximate surface area is 176 Å². The van der Waals surface area contributed by atoms with Gasteiger partial charge in [0.2, 0.25) is 0 Å². The molecule has 2 rings (SSSR count). The van der Waals surface area contributed by atoms with Gasteiger partial charge in [-0.2, -0.15) is 0 Å². The van der Waals surface area contributed by atoms with E-state index >= 15 is 0 Å². The van der Waals surface area contributed by atoms with Crippen molar-refractivity contribution in [2.75, 3.05) is 10.6 Å². The van der Waals surface area contributed by atoms with Crippen molar-refractivity contribution >= 4 is 29.2 Å². The van der Waals surface area contributed by atoms with Crippen LogP contribution in [0.5, 0.6) is 0 Å². The maximum absolute atomic E-state index is 12.3. The predicted octanol–water partition coefficient (Wildman–Crippen LogP) is 4.14. The van der Waals surface area contributed by atoms with Crippen molar-refractivity contribution in [3.8, 4) is 11.8 Å². The molecule has 0 saturated carbocycles. The van der Waals surface area contributed by atoms with E-state index in [1.165, 1.54) is 0 Å². The highest BCUT2D eigenvalue weighted by Crippen LogP contribution is 2.25. The third-order valence-electron chi connectivity index (χ3n) is 4.46. The summed E-state index contributed by atoms with van der Waals surface area (Å²) in [6, 6.07) is 14.0. The summed E-state index contributed by atoms with van der Waals surface area (Å²) in [6.07, 6.45) is -0.109. The molecule has 2 amide bonds. The van der Waals surface area contributed by atoms with Gasteiger partial charge in [0.1, 0.15) is 0 Å². The molecule has 3 N–H and O–H groups in total. The number of rotatable bonds is 5.